The van der Waals surface area contributed by atoms with E-state index < -0.39 is 10.0 Å². The number of carbonyl (C=O) groups excluding carboxylic acids is 1. The Morgan fingerprint density at radius 2 is 1.96 bits per heavy atom. The summed E-state index contributed by atoms with van der Waals surface area (Å²) in [6.07, 6.45) is 0. The van der Waals surface area contributed by atoms with Crippen molar-refractivity contribution in [3.63, 3.8) is 0 Å². The van der Waals surface area contributed by atoms with Gasteiger partial charge in [-0.05, 0) is 48.9 Å². The van der Waals surface area contributed by atoms with E-state index in [2.05, 4.69) is 21.2 Å². The van der Waals surface area contributed by atoms with Crippen LogP contribution in [-0.4, -0.2) is 51.5 Å². The fraction of sp³-hybridized carbons (Fsp3) is 0.316. The molecule has 28 heavy (non-hydrogen) atoms. The Labute approximate surface area is 172 Å². The molecule has 3 rings (SSSR count). The summed E-state index contributed by atoms with van der Waals surface area (Å²) in [6.45, 7) is 3.05. The molecule has 0 bridgehead atoms. The lowest BCUT2D eigenvalue weighted by Crippen LogP contribution is -2.40. The summed E-state index contributed by atoms with van der Waals surface area (Å²) in [6, 6.07) is 11.9. The van der Waals surface area contributed by atoms with Gasteiger partial charge in [0.05, 0.1) is 18.1 Å². The first-order chi connectivity index (χ1) is 13.4. The maximum atomic E-state index is 12.7. The smallest absolute Gasteiger partial charge is 0.262 e. The first kappa shape index (κ1) is 20.8. The quantitative estimate of drug-likeness (QED) is 0.704. The minimum absolute atomic E-state index is 0.178. The van der Waals surface area contributed by atoms with Gasteiger partial charge < -0.3 is 14.8 Å². The molecule has 0 unspecified atom stereocenters. The number of benzene rings is 2. The third-order valence-corrected chi connectivity index (χ3v) is 6.61. The zero-order chi connectivity index (χ0) is 20.1. The van der Waals surface area contributed by atoms with E-state index >= 15 is 0 Å². The number of carbonyl (C=O) groups is 1. The van der Waals surface area contributed by atoms with Crippen LogP contribution in [0.4, 0.5) is 5.69 Å². The van der Waals surface area contributed by atoms with Crippen molar-refractivity contribution in [2.75, 3.05) is 38.2 Å². The molecule has 1 heterocycles. The Hall–Kier alpha value is -1.94. The summed E-state index contributed by atoms with van der Waals surface area (Å²) < 4.78 is 38.5. The van der Waals surface area contributed by atoms with E-state index in [-0.39, 0.29) is 17.4 Å². The largest absolute Gasteiger partial charge is 0.483 e. The second-order valence-electron chi connectivity index (χ2n) is 6.29. The SMILES string of the molecule is Cc1cc(S(=O)(=O)N2CCOCC2)ccc1OCC(=O)Nc1cccc(Br)c1. The molecule has 0 spiro atoms. The Morgan fingerprint density at radius 3 is 2.64 bits per heavy atom. The van der Waals surface area contributed by atoms with Crippen molar-refractivity contribution in [2.24, 2.45) is 0 Å². The van der Waals surface area contributed by atoms with Crippen LogP contribution in [0.2, 0.25) is 0 Å². The van der Waals surface area contributed by atoms with E-state index in [1.807, 2.05) is 12.1 Å². The molecule has 2 aromatic carbocycles. The lowest BCUT2D eigenvalue weighted by molar-refractivity contribution is -0.118. The van der Waals surface area contributed by atoms with Gasteiger partial charge in [-0.15, -0.1) is 0 Å². The van der Waals surface area contributed by atoms with Crippen molar-refractivity contribution in [1.82, 2.24) is 4.31 Å². The van der Waals surface area contributed by atoms with Gasteiger partial charge in [-0.1, -0.05) is 22.0 Å². The molecule has 0 aromatic heterocycles. The highest BCUT2D eigenvalue weighted by Crippen LogP contribution is 2.24. The van der Waals surface area contributed by atoms with Gasteiger partial charge >= 0.3 is 0 Å². The third-order valence-electron chi connectivity index (χ3n) is 4.22. The number of halogens is 1. The lowest BCUT2D eigenvalue weighted by Gasteiger charge is -2.26. The molecule has 0 atom stereocenters. The zero-order valence-electron chi connectivity index (χ0n) is 15.4. The Balaban J connectivity index is 1.63. The van der Waals surface area contributed by atoms with Gasteiger partial charge in [0.15, 0.2) is 6.61 Å². The molecule has 1 fully saturated rings. The maximum Gasteiger partial charge on any atom is 0.262 e. The number of hydrogen-bond acceptors (Lipinski definition) is 5. The van der Waals surface area contributed by atoms with Crippen LogP contribution in [0.3, 0.4) is 0 Å². The predicted octanol–water partition coefficient (Wildman–Crippen LogP) is 2.80. The van der Waals surface area contributed by atoms with Gasteiger partial charge in [-0.2, -0.15) is 4.31 Å². The van der Waals surface area contributed by atoms with Crippen molar-refractivity contribution in [1.29, 1.82) is 0 Å². The molecule has 1 N–H and O–H groups in total. The zero-order valence-corrected chi connectivity index (χ0v) is 17.8. The number of anilines is 1. The van der Waals surface area contributed by atoms with Crippen molar-refractivity contribution in [2.45, 2.75) is 11.8 Å². The highest BCUT2D eigenvalue weighted by molar-refractivity contribution is 9.10. The Kier molecular flexibility index (Phi) is 6.71. The molecule has 1 saturated heterocycles. The summed E-state index contributed by atoms with van der Waals surface area (Å²) in [5.74, 6) is 0.160. The van der Waals surface area contributed by atoms with E-state index in [4.69, 9.17) is 9.47 Å². The van der Waals surface area contributed by atoms with Crippen LogP contribution in [0.1, 0.15) is 5.56 Å². The number of nitrogens with one attached hydrogen (secondary N) is 1. The van der Waals surface area contributed by atoms with Gasteiger partial charge in [0.2, 0.25) is 10.0 Å². The number of aryl methyl sites for hydroxylation is 1. The van der Waals surface area contributed by atoms with E-state index in [0.29, 0.717) is 43.3 Å². The van der Waals surface area contributed by atoms with E-state index in [0.717, 1.165) is 4.47 Å². The fourth-order valence-corrected chi connectivity index (χ4v) is 4.68. The Morgan fingerprint density at radius 1 is 1.21 bits per heavy atom. The molecular formula is C19H21BrN2O5S. The van der Waals surface area contributed by atoms with E-state index in [9.17, 15) is 13.2 Å². The van der Waals surface area contributed by atoms with Crippen molar-refractivity contribution >= 4 is 37.5 Å². The first-order valence-electron chi connectivity index (χ1n) is 8.73. The van der Waals surface area contributed by atoms with E-state index in [1.54, 1.807) is 31.2 Å². The number of morpholine rings is 1. The minimum atomic E-state index is -3.56. The average Bonchev–Trinajstić information content (AvgIpc) is 2.67. The Bertz CT molecular complexity index is 959. The fourth-order valence-electron chi connectivity index (χ4n) is 2.79. The normalized spacial score (nSPS) is 15.2. The molecule has 1 amide bonds. The summed E-state index contributed by atoms with van der Waals surface area (Å²) in [5.41, 5.74) is 1.30. The summed E-state index contributed by atoms with van der Waals surface area (Å²) in [5, 5.41) is 2.74. The van der Waals surface area contributed by atoms with Crippen molar-refractivity contribution < 1.29 is 22.7 Å². The van der Waals surface area contributed by atoms with Gasteiger partial charge in [-0.3, -0.25) is 4.79 Å². The van der Waals surface area contributed by atoms with Gasteiger partial charge in [0.1, 0.15) is 5.75 Å². The topological polar surface area (TPSA) is 84.9 Å². The molecule has 2 aromatic rings. The van der Waals surface area contributed by atoms with Gasteiger partial charge in [-0.25, -0.2) is 8.42 Å². The molecule has 1 aliphatic heterocycles. The van der Waals surface area contributed by atoms with Crippen molar-refractivity contribution in [3.8, 4) is 5.75 Å². The van der Waals surface area contributed by atoms with Gasteiger partial charge in [0.25, 0.3) is 5.91 Å². The number of rotatable bonds is 6. The first-order valence-corrected chi connectivity index (χ1v) is 11.0. The van der Waals surface area contributed by atoms with Crippen LogP contribution in [0.25, 0.3) is 0 Å². The number of ether oxygens (including phenoxy) is 2. The van der Waals surface area contributed by atoms with Crippen LogP contribution in [-0.2, 0) is 19.6 Å². The minimum Gasteiger partial charge on any atom is -0.483 e. The summed E-state index contributed by atoms with van der Waals surface area (Å²) in [7, 11) is -3.56. The molecule has 0 radical (unpaired) electrons. The summed E-state index contributed by atoms with van der Waals surface area (Å²) in [4.78, 5) is 12.3. The highest BCUT2D eigenvalue weighted by atomic mass is 79.9. The maximum absolute atomic E-state index is 12.7. The molecule has 0 aliphatic carbocycles. The lowest BCUT2D eigenvalue weighted by atomic mass is 10.2. The predicted molar refractivity (Wildman–Crippen MR) is 109 cm³/mol. The standard InChI is InChI=1S/C19H21BrN2O5S/c1-14-11-17(28(24,25)22-7-9-26-10-8-22)5-6-18(14)27-13-19(23)21-16-4-2-3-15(20)12-16/h2-6,11-12H,7-10,13H2,1H3,(H,21,23). The third kappa shape index (κ3) is 5.11. The molecule has 9 heteroatoms. The van der Waals surface area contributed by atoms with Crippen LogP contribution in [0, 0.1) is 6.92 Å². The number of hydrogen-bond donors (Lipinski definition) is 1. The molecular weight excluding hydrogens is 448 g/mol. The van der Waals surface area contributed by atoms with Crippen LogP contribution in [0.5, 0.6) is 5.75 Å². The molecule has 1 aliphatic rings. The van der Waals surface area contributed by atoms with Crippen LogP contribution in [0.15, 0.2) is 51.8 Å². The number of nitrogens with zero attached hydrogens (tertiary/aromatic N) is 1. The summed E-state index contributed by atoms with van der Waals surface area (Å²) >= 11 is 3.35. The highest BCUT2D eigenvalue weighted by Gasteiger charge is 2.26. The monoisotopic (exact) mass is 468 g/mol. The second kappa shape index (κ2) is 9.04. The molecule has 7 nitrogen and oxygen atoms in total. The van der Waals surface area contributed by atoms with Crippen LogP contribution < -0.4 is 10.1 Å². The number of amides is 1. The average molecular weight is 469 g/mol. The van der Waals surface area contributed by atoms with Gasteiger partial charge in [0, 0.05) is 23.2 Å². The van der Waals surface area contributed by atoms with Crippen molar-refractivity contribution in [3.05, 3.63) is 52.5 Å². The number of sulfonamides is 1. The molecule has 0 saturated carbocycles. The van der Waals surface area contributed by atoms with Crippen LogP contribution >= 0.6 is 15.9 Å². The second-order valence-corrected chi connectivity index (χ2v) is 9.14. The molecule has 150 valence electrons. The van der Waals surface area contributed by atoms with E-state index in [1.165, 1.54) is 10.4 Å².